The Hall–Kier alpha value is -1.16. The summed E-state index contributed by atoms with van der Waals surface area (Å²) in [6, 6.07) is 7.53. The van der Waals surface area contributed by atoms with Gasteiger partial charge in [0.2, 0.25) is 0 Å². The fourth-order valence-corrected chi connectivity index (χ4v) is 2.77. The lowest BCUT2D eigenvalue weighted by atomic mass is 9.72. The number of esters is 1. The van der Waals surface area contributed by atoms with E-state index in [4.69, 9.17) is 4.74 Å². The molecule has 0 aliphatic carbocycles. The molecule has 3 nitrogen and oxygen atoms in total. The molecular formula is C15H17BrO3. The zero-order valence-corrected chi connectivity index (χ0v) is 12.9. The minimum atomic E-state index is -0.692. The summed E-state index contributed by atoms with van der Waals surface area (Å²) >= 11 is 3.37. The van der Waals surface area contributed by atoms with Crippen LogP contribution in [-0.2, 0) is 14.3 Å². The van der Waals surface area contributed by atoms with E-state index in [1.807, 2.05) is 45.0 Å². The van der Waals surface area contributed by atoms with Crippen LogP contribution >= 0.6 is 15.9 Å². The van der Waals surface area contributed by atoms with Crippen LogP contribution in [0.4, 0.5) is 0 Å². The van der Waals surface area contributed by atoms with E-state index in [0.717, 1.165) is 10.0 Å². The van der Waals surface area contributed by atoms with Crippen molar-refractivity contribution in [2.24, 2.45) is 11.3 Å². The summed E-state index contributed by atoms with van der Waals surface area (Å²) in [7, 11) is 0. The molecule has 4 heteroatoms. The van der Waals surface area contributed by atoms with Gasteiger partial charge in [0.25, 0.3) is 0 Å². The Morgan fingerprint density at radius 3 is 2.32 bits per heavy atom. The van der Waals surface area contributed by atoms with Crippen molar-refractivity contribution in [3.8, 4) is 0 Å². The third-order valence-corrected chi connectivity index (χ3v) is 4.24. The van der Waals surface area contributed by atoms with Gasteiger partial charge in [-0.1, -0.05) is 35.0 Å². The maximum absolute atomic E-state index is 12.4. The highest BCUT2D eigenvalue weighted by atomic mass is 79.9. The molecule has 2 unspecified atom stereocenters. The Labute approximate surface area is 121 Å². The standard InChI is InChI=1S/C15H17BrO3/c1-4-11-12(17)15(2,3)13(19-14(11)18)9-5-7-10(16)8-6-9/h5-8,11,13H,4H2,1-3H3. The Kier molecular flexibility index (Phi) is 3.81. The van der Waals surface area contributed by atoms with Gasteiger partial charge in [-0.25, -0.2) is 0 Å². The molecule has 2 atom stereocenters. The lowest BCUT2D eigenvalue weighted by Gasteiger charge is -2.39. The first-order chi connectivity index (χ1) is 8.87. The Bertz CT molecular complexity index is 505. The number of benzene rings is 1. The van der Waals surface area contributed by atoms with Crippen molar-refractivity contribution in [2.45, 2.75) is 33.3 Å². The summed E-state index contributed by atoms with van der Waals surface area (Å²) < 4.78 is 6.48. The second-order valence-corrected chi connectivity index (χ2v) is 6.33. The normalized spacial score (nSPS) is 26.1. The van der Waals surface area contributed by atoms with E-state index in [-0.39, 0.29) is 5.78 Å². The third-order valence-electron chi connectivity index (χ3n) is 3.71. The van der Waals surface area contributed by atoms with E-state index in [1.54, 1.807) is 0 Å². The van der Waals surface area contributed by atoms with Gasteiger partial charge in [0.1, 0.15) is 12.0 Å². The quantitative estimate of drug-likeness (QED) is 0.615. The number of halogens is 1. The highest BCUT2D eigenvalue weighted by molar-refractivity contribution is 9.10. The van der Waals surface area contributed by atoms with E-state index in [2.05, 4.69) is 15.9 Å². The third kappa shape index (κ3) is 2.46. The van der Waals surface area contributed by atoms with Gasteiger partial charge in [0.05, 0.1) is 5.41 Å². The van der Waals surface area contributed by atoms with Crippen molar-refractivity contribution in [2.75, 3.05) is 0 Å². The van der Waals surface area contributed by atoms with E-state index < -0.39 is 23.4 Å². The number of cyclic esters (lactones) is 1. The smallest absolute Gasteiger partial charge is 0.317 e. The van der Waals surface area contributed by atoms with Crippen molar-refractivity contribution in [3.05, 3.63) is 34.3 Å². The van der Waals surface area contributed by atoms with Crippen LogP contribution in [0.1, 0.15) is 38.9 Å². The molecule has 0 saturated carbocycles. The molecule has 2 rings (SSSR count). The summed E-state index contributed by atoms with van der Waals surface area (Å²) in [5, 5.41) is 0. The van der Waals surface area contributed by atoms with Gasteiger partial charge < -0.3 is 4.74 Å². The molecule has 0 radical (unpaired) electrons. The zero-order chi connectivity index (χ0) is 14.2. The molecule has 102 valence electrons. The topological polar surface area (TPSA) is 43.4 Å². The second-order valence-electron chi connectivity index (χ2n) is 5.42. The van der Waals surface area contributed by atoms with Crippen molar-refractivity contribution >= 4 is 27.7 Å². The lowest BCUT2D eigenvalue weighted by molar-refractivity contribution is -0.178. The van der Waals surface area contributed by atoms with E-state index in [0.29, 0.717) is 6.42 Å². The molecule has 1 heterocycles. The average molecular weight is 325 g/mol. The number of rotatable bonds is 2. The number of hydrogen-bond donors (Lipinski definition) is 0. The van der Waals surface area contributed by atoms with Crippen molar-refractivity contribution in [1.29, 1.82) is 0 Å². The first kappa shape index (κ1) is 14.3. The summed E-state index contributed by atoms with van der Waals surface area (Å²) in [4.78, 5) is 24.4. The fourth-order valence-electron chi connectivity index (χ4n) is 2.51. The molecule has 0 spiro atoms. The zero-order valence-electron chi connectivity index (χ0n) is 11.3. The van der Waals surface area contributed by atoms with Crippen molar-refractivity contribution < 1.29 is 14.3 Å². The fraction of sp³-hybridized carbons (Fsp3) is 0.467. The molecule has 1 fully saturated rings. The highest BCUT2D eigenvalue weighted by Crippen LogP contribution is 2.44. The van der Waals surface area contributed by atoms with Crippen LogP contribution in [0.25, 0.3) is 0 Å². The molecule has 1 aliphatic heterocycles. The Morgan fingerprint density at radius 1 is 1.21 bits per heavy atom. The molecule has 19 heavy (non-hydrogen) atoms. The highest BCUT2D eigenvalue weighted by Gasteiger charge is 2.50. The van der Waals surface area contributed by atoms with Gasteiger partial charge in [0, 0.05) is 4.47 Å². The first-order valence-corrected chi connectivity index (χ1v) is 7.17. The summed E-state index contributed by atoms with van der Waals surface area (Å²) in [5.41, 5.74) is 0.159. The maximum atomic E-state index is 12.4. The summed E-state index contributed by atoms with van der Waals surface area (Å²) in [6.07, 6.45) is -0.0165. The second kappa shape index (κ2) is 5.08. The molecule has 1 saturated heterocycles. The van der Waals surface area contributed by atoms with Crippen LogP contribution in [0.2, 0.25) is 0 Å². The number of ketones is 1. The monoisotopic (exact) mass is 324 g/mol. The van der Waals surface area contributed by atoms with Gasteiger partial charge in [-0.05, 0) is 38.0 Å². The predicted molar refractivity (Wildman–Crippen MR) is 75.5 cm³/mol. The minimum absolute atomic E-state index is 0.0285. The molecule has 1 aromatic rings. The van der Waals surface area contributed by atoms with Crippen molar-refractivity contribution in [1.82, 2.24) is 0 Å². The first-order valence-electron chi connectivity index (χ1n) is 6.38. The van der Waals surface area contributed by atoms with Crippen LogP contribution in [-0.4, -0.2) is 11.8 Å². The van der Waals surface area contributed by atoms with Crippen LogP contribution in [0.3, 0.4) is 0 Å². The van der Waals surface area contributed by atoms with Gasteiger partial charge in [-0.2, -0.15) is 0 Å². The van der Waals surface area contributed by atoms with Crippen LogP contribution in [0.15, 0.2) is 28.7 Å². The maximum Gasteiger partial charge on any atom is 0.317 e. The molecule has 0 aromatic heterocycles. The SMILES string of the molecule is CCC1C(=O)OC(c2ccc(Br)cc2)C(C)(C)C1=O. The molecule has 1 aliphatic rings. The Balaban J connectivity index is 2.38. The van der Waals surface area contributed by atoms with Gasteiger partial charge in [-0.15, -0.1) is 0 Å². The number of ether oxygens (including phenoxy) is 1. The van der Waals surface area contributed by atoms with Crippen LogP contribution < -0.4 is 0 Å². The summed E-state index contributed by atoms with van der Waals surface area (Å²) in [5.74, 6) is -1.05. The molecule has 1 aromatic carbocycles. The molecule has 0 amide bonds. The molecular weight excluding hydrogens is 308 g/mol. The van der Waals surface area contributed by atoms with E-state index in [1.165, 1.54) is 0 Å². The minimum Gasteiger partial charge on any atom is -0.456 e. The lowest BCUT2D eigenvalue weighted by Crippen LogP contribution is -2.47. The number of hydrogen-bond acceptors (Lipinski definition) is 3. The van der Waals surface area contributed by atoms with Gasteiger partial charge >= 0.3 is 5.97 Å². The van der Waals surface area contributed by atoms with Gasteiger partial charge in [-0.3, -0.25) is 9.59 Å². The number of carbonyl (C=O) groups is 2. The Morgan fingerprint density at radius 2 is 1.79 bits per heavy atom. The average Bonchev–Trinajstić information content (AvgIpc) is 2.36. The molecule has 0 N–H and O–H groups in total. The molecule has 0 bridgehead atoms. The van der Waals surface area contributed by atoms with E-state index in [9.17, 15) is 9.59 Å². The largest absolute Gasteiger partial charge is 0.456 e. The predicted octanol–water partition coefficient (Wildman–Crippen LogP) is 3.67. The number of carbonyl (C=O) groups excluding carboxylic acids is 2. The van der Waals surface area contributed by atoms with Crippen LogP contribution in [0, 0.1) is 11.3 Å². The van der Waals surface area contributed by atoms with Gasteiger partial charge in [0.15, 0.2) is 5.78 Å². The van der Waals surface area contributed by atoms with Crippen LogP contribution in [0.5, 0.6) is 0 Å². The number of Topliss-reactive ketones (excluding diaryl/α,β-unsaturated/α-hetero) is 1. The van der Waals surface area contributed by atoms with Crippen molar-refractivity contribution in [3.63, 3.8) is 0 Å². The summed E-state index contributed by atoms with van der Waals surface area (Å²) in [6.45, 7) is 5.52. The van der Waals surface area contributed by atoms with E-state index >= 15 is 0 Å².